The predicted octanol–water partition coefficient (Wildman–Crippen LogP) is 8.10. The summed E-state index contributed by atoms with van der Waals surface area (Å²) in [6, 6.07) is 10.5. The zero-order chi connectivity index (χ0) is 23.8. The van der Waals surface area contributed by atoms with Crippen LogP contribution in [0.1, 0.15) is 75.0 Å². The van der Waals surface area contributed by atoms with Crippen molar-refractivity contribution in [2.45, 2.75) is 64.5 Å². The molecule has 2 aliphatic heterocycles. The maximum atomic E-state index is 13.4. The van der Waals surface area contributed by atoms with Gasteiger partial charge in [0.2, 0.25) is 0 Å². The molecule has 0 aromatic heterocycles. The summed E-state index contributed by atoms with van der Waals surface area (Å²) in [5.74, 6) is 1.00. The van der Waals surface area contributed by atoms with Crippen LogP contribution in [0.2, 0.25) is 5.02 Å². The minimum absolute atomic E-state index is 0.178. The molecule has 0 aliphatic carbocycles. The first-order valence-electron chi connectivity index (χ1n) is 12.1. The Morgan fingerprint density at radius 3 is 2.24 bits per heavy atom. The fourth-order valence-electron chi connectivity index (χ4n) is 5.52. The predicted molar refractivity (Wildman–Crippen MR) is 132 cm³/mol. The molecule has 2 aromatic rings. The molecule has 6 heteroatoms. The second-order valence-corrected chi connectivity index (χ2v) is 10.5. The van der Waals surface area contributed by atoms with E-state index >= 15 is 0 Å². The monoisotopic (exact) mass is 478 g/mol. The zero-order valence-corrected chi connectivity index (χ0v) is 20.5. The molecule has 0 bridgehead atoms. The lowest BCUT2D eigenvalue weighted by Gasteiger charge is -2.27. The second kappa shape index (κ2) is 9.77. The minimum Gasteiger partial charge on any atom is -0.371 e. The molecule has 2 atom stereocenters. The van der Waals surface area contributed by atoms with Crippen LogP contribution >= 0.6 is 11.6 Å². The summed E-state index contributed by atoms with van der Waals surface area (Å²) in [5.41, 5.74) is 3.77. The van der Waals surface area contributed by atoms with E-state index in [1.807, 2.05) is 19.9 Å². The molecule has 4 rings (SSSR count). The van der Waals surface area contributed by atoms with E-state index in [0.717, 1.165) is 55.3 Å². The van der Waals surface area contributed by atoms with Gasteiger partial charge in [0, 0.05) is 42.6 Å². The van der Waals surface area contributed by atoms with Gasteiger partial charge >= 0.3 is 6.18 Å². The number of halogens is 4. The molecule has 2 unspecified atom stereocenters. The molecule has 0 amide bonds. The Balaban J connectivity index is 1.50. The maximum Gasteiger partial charge on any atom is 0.416 e. The normalized spacial score (nSPS) is 20.2. The van der Waals surface area contributed by atoms with Gasteiger partial charge < -0.3 is 9.80 Å². The van der Waals surface area contributed by atoms with Crippen molar-refractivity contribution in [1.82, 2.24) is 0 Å². The molecule has 0 saturated carbocycles. The third-order valence-electron chi connectivity index (χ3n) is 7.26. The van der Waals surface area contributed by atoms with Crippen LogP contribution in [0.3, 0.4) is 0 Å². The van der Waals surface area contributed by atoms with Gasteiger partial charge in [0.05, 0.1) is 5.56 Å². The lowest BCUT2D eigenvalue weighted by Crippen LogP contribution is -2.23. The number of nitrogens with zero attached hydrogens (tertiary/aromatic N) is 2. The molecule has 0 radical (unpaired) electrons. The topological polar surface area (TPSA) is 6.48 Å². The summed E-state index contributed by atoms with van der Waals surface area (Å²) in [6.45, 7) is 10.1. The summed E-state index contributed by atoms with van der Waals surface area (Å²) >= 11 is 6.33. The lowest BCUT2D eigenvalue weighted by atomic mass is 9.88. The second-order valence-electron chi connectivity index (χ2n) is 10.1. The van der Waals surface area contributed by atoms with Gasteiger partial charge in [0.15, 0.2) is 0 Å². The van der Waals surface area contributed by atoms with E-state index in [-0.39, 0.29) is 5.92 Å². The van der Waals surface area contributed by atoms with Gasteiger partial charge in [-0.3, -0.25) is 0 Å². The van der Waals surface area contributed by atoms with Crippen molar-refractivity contribution in [1.29, 1.82) is 0 Å². The van der Waals surface area contributed by atoms with Crippen molar-refractivity contribution < 1.29 is 13.2 Å². The maximum absolute atomic E-state index is 13.4. The molecular formula is C27H34ClF3N2. The number of anilines is 2. The first-order valence-corrected chi connectivity index (χ1v) is 12.5. The SMILES string of the molecule is CC(C)c1ccc(C(F)(F)F)cc1N1CCC(CC(C)c2ccc(Cl)cc2N2CCCC2)C1. The molecule has 0 N–H and O–H groups in total. The van der Waals surface area contributed by atoms with E-state index in [1.54, 1.807) is 6.07 Å². The van der Waals surface area contributed by atoms with Crippen LogP contribution in [-0.2, 0) is 6.18 Å². The number of alkyl halides is 3. The van der Waals surface area contributed by atoms with Crippen molar-refractivity contribution in [3.63, 3.8) is 0 Å². The van der Waals surface area contributed by atoms with Crippen LogP contribution in [0.5, 0.6) is 0 Å². The van der Waals surface area contributed by atoms with E-state index in [4.69, 9.17) is 11.6 Å². The van der Waals surface area contributed by atoms with E-state index < -0.39 is 11.7 Å². The van der Waals surface area contributed by atoms with Gasteiger partial charge in [0.25, 0.3) is 0 Å². The van der Waals surface area contributed by atoms with Crippen molar-refractivity contribution in [2.75, 3.05) is 36.0 Å². The van der Waals surface area contributed by atoms with Crippen LogP contribution in [0.25, 0.3) is 0 Å². The number of rotatable bonds is 6. The molecular weight excluding hydrogens is 445 g/mol. The Kier molecular flexibility index (Phi) is 7.18. The molecule has 0 spiro atoms. The summed E-state index contributed by atoms with van der Waals surface area (Å²) in [6.07, 6.45) is 0.137. The summed E-state index contributed by atoms with van der Waals surface area (Å²) in [4.78, 5) is 4.61. The van der Waals surface area contributed by atoms with E-state index in [0.29, 0.717) is 11.8 Å². The average Bonchev–Trinajstić information content (AvgIpc) is 3.45. The van der Waals surface area contributed by atoms with Crippen molar-refractivity contribution >= 4 is 23.0 Å². The molecule has 180 valence electrons. The van der Waals surface area contributed by atoms with Crippen LogP contribution < -0.4 is 9.80 Å². The van der Waals surface area contributed by atoms with Crippen LogP contribution in [-0.4, -0.2) is 26.2 Å². The first kappa shape index (κ1) is 24.3. The number of benzene rings is 2. The van der Waals surface area contributed by atoms with E-state index in [1.165, 1.54) is 36.2 Å². The van der Waals surface area contributed by atoms with E-state index in [9.17, 15) is 13.2 Å². The van der Waals surface area contributed by atoms with Crippen LogP contribution in [0.4, 0.5) is 24.5 Å². The molecule has 2 aromatic carbocycles. The Morgan fingerprint density at radius 1 is 0.909 bits per heavy atom. The molecule has 2 saturated heterocycles. The number of hydrogen-bond donors (Lipinski definition) is 0. The van der Waals surface area contributed by atoms with Crippen molar-refractivity contribution in [2.24, 2.45) is 5.92 Å². The van der Waals surface area contributed by atoms with Gasteiger partial charge in [-0.25, -0.2) is 0 Å². The highest BCUT2D eigenvalue weighted by atomic mass is 35.5. The Labute approximate surface area is 200 Å². The highest BCUT2D eigenvalue weighted by molar-refractivity contribution is 6.30. The van der Waals surface area contributed by atoms with Gasteiger partial charge in [-0.15, -0.1) is 0 Å². The van der Waals surface area contributed by atoms with Crippen LogP contribution in [0.15, 0.2) is 36.4 Å². The van der Waals surface area contributed by atoms with Gasteiger partial charge in [-0.05, 0) is 78.8 Å². The van der Waals surface area contributed by atoms with Crippen LogP contribution in [0, 0.1) is 5.92 Å². The average molecular weight is 479 g/mol. The molecule has 2 heterocycles. The van der Waals surface area contributed by atoms with Gasteiger partial charge in [0.1, 0.15) is 0 Å². The first-order chi connectivity index (χ1) is 15.6. The van der Waals surface area contributed by atoms with E-state index in [2.05, 4.69) is 28.9 Å². The fourth-order valence-corrected chi connectivity index (χ4v) is 5.68. The Hall–Kier alpha value is -1.88. The van der Waals surface area contributed by atoms with Gasteiger partial charge in [-0.2, -0.15) is 13.2 Å². The highest BCUT2D eigenvalue weighted by Crippen LogP contribution is 2.40. The molecule has 2 nitrogen and oxygen atoms in total. The smallest absolute Gasteiger partial charge is 0.371 e. The molecule has 2 fully saturated rings. The fraction of sp³-hybridized carbons (Fsp3) is 0.556. The third-order valence-corrected chi connectivity index (χ3v) is 7.50. The van der Waals surface area contributed by atoms with Crippen molar-refractivity contribution in [3.05, 3.63) is 58.1 Å². The molecule has 33 heavy (non-hydrogen) atoms. The number of hydrogen-bond acceptors (Lipinski definition) is 2. The summed E-state index contributed by atoms with van der Waals surface area (Å²) in [7, 11) is 0. The zero-order valence-electron chi connectivity index (χ0n) is 19.8. The van der Waals surface area contributed by atoms with Gasteiger partial charge in [-0.1, -0.05) is 44.5 Å². The Bertz CT molecular complexity index is 966. The largest absolute Gasteiger partial charge is 0.416 e. The quantitative estimate of drug-likeness (QED) is 0.413. The molecule has 2 aliphatic rings. The minimum atomic E-state index is -4.32. The third kappa shape index (κ3) is 5.45. The summed E-state index contributed by atoms with van der Waals surface area (Å²) in [5, 5.41) is 0.769. The Morgan fingerprint density at radius 2 is 1.58 bits per heavy atom. The standard InChI is InChI=1S/C27H34ClF3N2/c1-18(2)23-8-6-21(27(29,30)31)15-25(23)33-13-10-20(17-33)14-19(3)24-9-7-22(28)16-26(24)32-11-4-5-12-32/h6-9,15-16,18-20H,4-5,10-14,17H2,1-3H3. The lowest BCUT2D eigenvalue weighted by molar-refractivity contribution is -0.137. The highest BCUT2D eigenvalue weighted by Gasteiger charge is 2.33. The summed E-state index contributed by atoms with van der Waals surface area (Å²) < 4.78 is 40.2. The van der Waals surface area contributed by atoms with Crippen molar-refractivity contribution in [3.8, 4) is 0 Å².